The van der Waals surface area contributed by atoms with Crippen LogP contribution in [0.1, 0.15) is 26.2 Å². The van der Waals surface area contributed by atoms with Crippen LogP contribution >= 0.6 is 11.6 Å². The van der Waals surface area contributed by atoms with Crippen molar-refractivity contribution in [2.45, 2.75) is 38.0 Å². The Morgan fingerprint density at radius 3 is 2.00 bits per heavy atom. The fraction of sp³-hybridized carbons (Fsp3) is 0.900. The summed E-state index contributed by atoms with van der Waals surface area (Å²) in [5, 5.41) is -0.262. The van der Waals surface area contributed by atoms with Crippen LogP contribution in [-0.2, 0) is 4.74 Å². The summed E-state index contributed by atoms with van der Waals surface area (Å²) >= 11 is 5.85. The van der Waals surface area contributed by atoms with Gasteiger partial charge in [0.1, 0.15) is 13.1 Å². The summed E-state index contributed by atoms with van der Waals surface area (Å²) in [7, 11) is 1.03. The Morgan fingerprint density at radius 2 is 1.65 bits per heavy atom. The minimum absolute atomic E-state index is 0. The summed E-state index contributed by atoms with van der Waals surface area (Å²) in [5.74, 6) is 0. The molecule has 0 aromatic carbocycles. The van der Waals surface area contributed by atoms with E-state index < -0.39 is 11.8 Å². The van der Waals surface area contributed by atoms with Crippen molar-refractivity contribution in [2.75, 3.05) is 20.2 Å². The summed E-state index contributed by atoms with van der Waals surface area (Å²) in [6.45, 7) is 2.09. The van der Waals surface area contributed by atoms with Crippen LogP contribution < -0.4 is 12.4 Å². The first-order chi connectivity index (χ1) is 7.33. The van der Waals surface area contributed by atoms with E-state index in [9.17, 15) is 13.2 Å². The third kappa shape index (κ3) is 3.48. The average Bonchev–Trinajstić information content (AvgIpc) is 2.26. The van der Waals surface area contributed by atoms with Crippen LogP contribution in [0.4, 0.5) is 13.2 Å². The molecule has 1 atom stereocenters. The molecule has 17 heavy (non-hydrogen) atoms. The molecular weight excluding hydrogens is 278 g/mol. The molecule has 0 aliphatic carbocycles. The topological polar surface area (TPSA) is 12.2 Å². The highest BCUT2D eigenvalue weighted by Gasteiger charge is 2.59. The smallest absolute Gasteiger partial charge is 0.428 e. The van der Waals surface area contributed by atoms with Gasteiger partial charge < -0.3 is 17.1 Å². The van der Waals surface area contributed by atoms with Crippen molar-refractivity contribution in [3.05, 3.63) is 0 Å². The Bertz CT molecular complexity index is 286. The predicted molar refractivity (Wildman–Crippen MR) is 56.2 cm³/mol. The maximum atomic E-state index is 12.9. The number of nitrogens with zero attached hydrogens (tertiary/aromatic N) is 1. The molecular formula is C10H16Cl2F3NO. The largest absolute Gasteiger partial charge is 1.00 e. The second-order valence-electron chi connectivity index (χ2n) is 4.07. The number of halogens is 5. The first-order valence-corrected chi connectivity index (χ1v) is 5.60. The number of alkyl halides is 3. The monoisotopic (exact) mass is 293 g/mol. The molecule has 0 N–H and O–H groups in total. The van der Waals surface area contributed by atoms with Crippen molar-refractivity contribution in [2.24, 2.45) is 0 Å². The van der Waals surface area contributed by atoms with Crippen molar-refractivity contribution in [3.63, 3.8) is 0 Å². The van der Waals surface area contributed by atoms with Gasteiger partial charge in [0.15, 0.2) is 0 Å². The number of hydrogen-bond donors (Lipinski definition) is 0. The Labute approximate surface area is 110 Å². The highest BCUT2D eigenvalue weighted by Crippen LogP contribution is 2.35. The number of methoxy groups -OCH3 is 1. The third-order valence-corrected chi connectivity index (χ3v) is 3.58. The van der Waals surface area contributed by atoms with Crippen LogP contribution in [0.2, 0.25) is 0 Å². The molecule has 1 rings (SSSR count). The summed E-state index contributed by atoms with van der Waals surface area (Å²) in [6.07, 6.45) is -1.73. The van der Waals surface area contributed by atoms with Gasteiger partial charge in [0, 0.05) is 20.0 Å². The quantitative estimate of drug-likeness (QED) is 0.642. The van der Waals surface area contributed by atoms with E-state index in [0.717, 1.165) is 33.3 Å². The van der Waals surface area contributed by atoms with Crippen molar-refractivity contribution in [1.82, 2.24) is 0 Å². The normalized spacial score (nSPS) is 20.5. The maximum Gasteiger partial charge on any atom is 0.428 e. The molecule has 1 aliphatic rings. The molecule has 1 fully saturated rings. The average molecular weight is 294 g/mol. The Morgan fingerprint density at radius 1 is 1.18 bits per heavy atom. The fourth-order valence-corrected chi connectivity index (χ4v) is 2.06. The van der Waals surface area contributed by atoms with Gasteiger partial charge in [-0.05, 0) is 24.9 Å². The van der Waals surface area contributed by atoms with Crippen LogP contribution in [0.25, 0.3) is 0 Å². The van der Waals surface area contributed by atoms with E-state index in [1.165, 1.54) is 0 Å². The molecule has 2 nitrogen and oxygen atoms in total. The molecule has 1 saturated heterocycles. The van der Waals surface area contributed by atoms with Gasteiger partial charge in [-0.3, -0.25) is 0 Å². The second kappa shape index (κ2) is 6.25. The molecule has 0 amide bonds. The van der Waals surface area contributed by atoms with Crippen LogP contribution in [0.5, 0.6) is 0 Å². The van der Waals surface area contributed by atoms with Crippen molar-refractivity contribution in [1.29, 1.82) is 0 Å². The molecule has 0 bridgehead atoms. The zero-order chi connectivity index (χ0) is 12.4. The van der Waals surface area contributed by atoms with Crippen LogP contribution in [0.15, 0.2) is 0 Å². The molecule has 102 valence electrons. The predicted octanol–water partition coefficient (Wildman–Crippen LogP) is -0.208. The SMILES string of the molecule is COC(C)(C(Cl)=[N+]1CCCCC1)C(F)(F)F.[Cl-]. The van der Waals surface area contributed by atoms with Gasteiger partial charge in [0.05, 0.1) is 0 Å². The molecule has 0 aromatic heterocycles. The molecule has 1 aliphatic heterocycles. The molecule has 7 heteroatoms. The summed E-state index contributed by atoms with van der Waals surface area (Å²) in [6, 6.07) is 0. The van der Waals surface area contributed by atoms with Crippen molar-refractivity contribution >= 4 is 16.8 Å². The van der Waals surface area contributed by atoms with Gasteiger partial charge in [0.2, 0.25) is 0 Å². The van der Waals surface area contributed by atoms with Gasteiger partial charge in [-0.25, -0.2) is 4.58 Å². The van der Waals surface area contributed by atoms with E-state index in [4.69, 9.17) is 11.6 Å². The number of piperidine rings is 1. The maximum absolute atomic E-state index is 12.9. The molecule has 1 unspecified atom stereocenters. The molecule has 1 heterocycles. The second-order valence-corrected chi connectivity index (χ2v) is 4.43. The van der Waals surface area contributed by atoms with Gasteiger partial charge in [0.25, 0.3) is 10.8 Å². The standard InChI is InChI=1S/C10H16ClF3NO.ClH/c1-9(16-2,10(12,13)14)8(11)15-6-4-3-5-7-15;/h3-7H2,1-2H3;1H/q+1;/p-1. The minimum atomic E-state index is -4.50. The molecule has 0 spiro atoms. The van der Waals surface area contributed by atoms with Gasteiger partial charge in [-0.2, -0.15) is 13.2 Å². The zero-order valence-electron chi connectivity index (χ0n) is 9.78. The number of hydrogen-bond acceptors (Lipinski definition) is 1. The van der Waals surface area contributed by atoms with Crippen molar-refractivity contribution < 1.29 is 34.9 Å². The van der Waals surface area contributed by atoms with E-state index in [0.29, 0.717) is 13.1 Å². The fourth-order valence-electron chi connectivity index (χ4n) is 1.71. The van der Waals surface area contributed by atoms with Crippen LogP contribution in [-0.4, -0.2) is 41.7 Å². The van der Waals surface area contributed by atoms with Crippen molar-refractivity contribution in [3.8, 4) is 0 Å². The van der Waals surface area contributed by atoms with E-state index in [2.05, 4.69) is 4.74 Å². The first kappa shape index (κ1) is 17.0. The minimum Gasteiger partial charge on any atom is -1.00 e. The van der Waals surface area contributed by atoms with Crippen LogP contribution in [0, 0.1) is 0 Å². The summed E-state index contributed by atoms with van der Waals surface area (Å²) in [4.78, 5) is 0. The lowest BCUT2D eigenvalue weighted by atomic mass is 10.1. The van der Waals surface area contributed by atoms with E-state index in [-0.39, 0.29) is 17.6 Å². The van der Waals surface area contributed by atoms with E-state index >= 15 is 0 Å². The van der Waals surface area contributed by atoms with E-state index in [1.54, 1.807) is 4.58 Å². The van der Waals surface area contributed by atoms with Crippen LogP contribution in [0.3, 0.4) is 0 Å². The summed E-state index contributed by atoms with van der Waals surface area (Å²) in [5.41, 5.74) is -2.40. The lowest BCUT2D eigenvalue weighted by Gasteiger charge is -2.28. The molecule has 0 aromatic rings. The molecule has 0 radical (unpaired) electrons. The highest BCUT2D eigenvalue weighted by molar-refractivity contribution is 6.66. The first-order valence-electron chi connectivity index (χ1n) is 5.22. The zero-order valence-corrected chi connectivity index (χ0v) is 11.3. The Balaban J connectivity index is 0.00000256. The Hall–Kier alpha value is -0.0000000000000000555. The number of rotatable bonds is 2. The lowest BCUT2D eigenvalue weighted by Crippen LogP contribution is -3.00. The van der Waals surface area contributed by atoms with Gasteiger partial charge >= 0.3 is 6.18 Å². The summed E-state index contributed by atoms with van der Waals surface area (Å²) < 4.78 is 44.7. The van der Waals surface area contributed by atoms with Gasteiger partial charge in [-0.15, -0.1) is 0 Å². The Kier molecular flexibility index (Phi) is 6.25. The molecule has 0 saturated carbocycles. The van der Waals surface area contributed by atoms with Gasteiger partial charge in [-0.1, -0.05) is 0 Å². The number of ether oxygens (including phenoxy) is 1. The lowest BCUT2D eigenvalue weighted by molar-refractivity contribution is -0.540. The highest BCUT2D eigenvalue weighted by atomic mass is 35.5. The third-order valence-electron chi connectivity index (χ3n) is 2.98. The van der Waals surface area contributed by atoms with E-state index in [1.807, 2.05) is 0 Å².